The molecule has 0 atom stereocenters. The van der Waals surface area contributed by atoms with Gasteiger partial charge in [-0.25, -0.2) is 0 Å². The van der Waals surface area contributed by atoms with Crippen molar-refractivity contribution in [3.05, 3.63) is 0 Å². The van der Waals surface area contributed by atoms with Crippen molar-refractivity contribution in [2.75, 3.05) is 18.5 Å². The first-order chi connectivity index (χ1) is 8.12. The van der Waals surface area contributed by atoms with Gasteiger partial charge < -0.3 is 0 Å². The van der Waals surface area contributed by atoms with Gasteiger partial charge in [-0.15, -0.1) is 0 Å². The average Bonchev–Trinajstić information content (AvgIpc) is 2.30. The standard InChI is InChI=1S/C11H25BrO4P/c1-2-3-4-5-6-7-8-10-15-17(13,14)16-11-9-12/h13-14H,2-11H2,1H3/q+1. The summed E-state index contributed by atoms with van der Waals surface area (Å²) in [6.45, 7) is 2.81. The zero-order valence-electron chi connectivity index (χ0n) is 10.6. The van der Waals surface area contributed by atoms with Crippen LogP contribution in [0.3, 0.4) is 0 Å². The third-order valence-corrected chi connectivity index (χ3v) is 3.71. The van der Waals surface area contributed by atoms with E-state index in [1.807, 2.05) is 0 Å². The Kier molecular flexibility index (Phi) is 12.3. The molecule has 0 amide bonds. The smallest absolute Gasteiger partial charge is 0.168 e. The second-order valence-electron chi connectivity index (χ2n) is 3.97. The lowest BCUT2D eigenvalue weighted by Crippen LogP contribution is -2.04. The van der Waals surface area contributed by atoms with Gasteiger partial charge in [0.15, 0.2) is 0 Å². The van der Waals surface area contributed by atoms with Gasteiger partial charge in [0.25, 0.3) is 0 Å². The first-order valence-corrected chi connectivity index (χ1v) is 8.97. The molecule has 2 N–H and O–H groups in total. The molecule has 0 rings (SSSR count). The highest BCUT2D eigenvalue weighted by atomic mass is 79.9. The van der Waals surface area contributed by atoms with E-state index in [1.165, 1.54) is 32.1 Å². The summed E-state index contributed by atoms with van der Waals surface area (Å²) in [5.41, 5.74) is 0. The van der Waals surface area contributed by atoms with Crippen molar-refractivity contribution in [2.45, 2.75) is 51.9 Å². The van der Waals surface area contributed by atoms with E-state index in [2.05, 4.69) is 22.9 Å². The zero-order chi connectivity index (χ0) is 13.0. The van der Waals surface area contributed by atoms with Crippen molar-refractivity contribution < 1.29 is 18.8 Å². The van der Waals surface area contributed by atoms with E-state index in [9.17, 15) is 9.79 Å². The second kappa shape index (κ2) is 11.8. The summed E-state index contributed by atoms with van der Waals surface area (Å²) in [6.07, 6.45) is 8.23. The summed E-state index contributed by atoms with van der Waals surface area (Å²) < 4.78 is 9.73. The van der Waals surface area contributed by atoms with Crippen LogP contribution in [0.25, 0.3) is 0 Å². The minimum atomic E-state index is -3.56. The molecule has 0 aromatic rings. The summed E-state index contributed by atoms with van der Waals surface area (Å²) in [7, 11) is -3.56. The fraction of sp³-hybridized carbons (Fsp3) is 1.00. The molecule has 4 nitrogen and oxygen atoms in total. The molecule has 0 aliphatic rings. The summed E-state index contributed by atoms with van der Waals surface area (Å²) >= 11 is 3.14. The van der Waals surface area contributed by atoms with Gasteiger partial charge in [0.2, 0.25) is 0 Å². The van der Waals surface area contributed by atoms with Crippen molar-refractivity contribution in [1.29, 1.82) is 0 Å². The van der Waals surface area contributed by atoms with Crippen molar-refractivity contribution >= 4 is 24.1 Å². The third kappa shape index (κ3) is 13.0. The largest absolute Gasteiger partial charge is 0.569 e. The van der Waals surface area contributed by atoms with Crippen LogP contribution in [0.2, 0.25) is 0 Å². The highest BCUT2D eigenvalue weighted by molar-refractivity contribution is 9.09. The van der Waals surface area contributed by atoms with Crippen LogP contribution in [0.5, 0.6) is 0 Å². The summed E-state index contributed by atoms with van der Waals surface area (Å²) in [5.74, 6) is 0. The van der Waals surface area contributed by atoms with Crippen molar-refractivity contribution in [2.24, 2.45) is 0 Å². The Bertz CT molecular complexity index is 170. The quantitative estimate of drug-likeness (QED) is 0.324. The monoisotopic (exact) mass is 331 g/mol. The number of unbranched alkanes of at least 4 members (excludes halogenated alkanes) is 6. The highest BCUT2D eigenvalue weighted by Gasteiger charge is 2.38. The van der Waals surface area contributed by atoms with Gasteiger partial charge in [-0.3, -0.25) is 0 Å². The number of halogens is 1. The topological polar surface area (TPSA) is 58.9 Å². The molecule has 104 valence electrons. The van der Waals surface area contributed by atoms with E-state index in [1.54, 1.807) is 0 Å². The first kappa shape index (κ1) is 17.8. The van der Waals surface area contributed by atoms with Crippen molar-refractivity contribution in [3.63, 3.8) is 0 Å². The van der Waals surface area contributed by atoms with Crippen molar-refractivity contribution in [1.82, 2.24) is 0 Å². The van der Waals surface area contributed by atoms with Crippen LogP contribution in [0, 0.1) is 0 Å². The Balaban J connectivity index is 3.26. The summed E-state index contributed by atoms with van der Waals surface area (Å²) in [5, 5.41) is 0.566. The lowest BCUT2D eigenvalue weighted by molar-refractivity contribution is 0.120. The Labute approximate surface area is 114 Å². The first-order valence-electron chi connectivity index (χ1n) is 6.32. The number of alkyl halides is 1. The Hall–Kier alpha value is 0.750. The third-order valence-electron chi connectivity index (χ3n) is 2.34. The molecule has 0 heterocycles. The van der Waals surface area contributed by atoms with E-state index in [0.717, 1.165) is 12.8 Å². The number of rotatable bonds is 12. The van der Waals surface area contributed by atoms with Gasteiger partial charge in [0, 0.05) is 5.33 Å². The predicted molar refractivity (Wildman–Crippen MR) is 75.0 cm³/mol. The molecule has 0 bridgehead atoms. The molecule has 0 fully saturated rings. The van der Waals surface area contributed by atoms with E-state index in [0.29, 0.717) is 11.9 Å². The van der Waals surface area contributed by atoms with Crippen LogP contribution in [-0.2, 0) is 9.05 Å². The highest BCUT2D eigenvalue weighted by Crippen LogP contribution is 2.52. The van der Waals surface area contributed by atoms with Crippen LogP contribution >= 0.6 is 24.1 Å². The lowest BCUT2D eigenvalue weighted by Gasteiger charge is -2.08. The fourth-order valence-corrected chi connectivity index (χ4v) is 2.62. The normalized spacial score (nSPS) is 12.0. The van der Waals surface area contributed by atoms with Gasteiger partial charge in [-0.1, -0.05) is 61.4 Å². The van der Waals surface area contributed by atoms with Gasteiger partial charge in [-0.05, 0) is 6.42 Å². The maximum atomic E-state index is 9.32. The molecule has 0 saturated carbocycles. The molecular weight excluding hydrogens is 307 g/mol. The molecule has 0 aromatic carbocycles. The van der Waals surface area contributed by atoms with E-state index < -0.39 is 8.17 Å². The minimum absolute atomic E-state index is 0.248. The van der Waals surface area contributed by atoms with Gasteiger partial charge in [0.1, 0.15) is 13.2 Å². The van der Waals surface area contributed by atoms with E-state index >= 15 is 0 Å². The fourth-order valence-electron chi connectivity index (χ4n) is 1.43. The second-order valence-corrected chi connectivity index (χ2v) is 6.26. The zero-order valence-corrected chi connectivity index (χ0v) is 13.1. The molecule has 6 heteroatoms. The maximum absolute atomic E-state index is 9.32. The summed E-state index contributed by atoms with van der Waals surface area (Å²) in [6, 6.07) is 0. The van der Waals surface area contributed by atoms with Gasteiger partial charge >= 0.3 is 8.17 Å². The SMILES string of the molecule is CCCCCCCCCO[P+](O)(O)OCCBr. The maximum Gasteiger partial charge on any atom is 0.569 e. The molecular formula is C11H25BrO4P+. The number of hydrogen-bond acceptors (Lipinski definition) is 4. The number of hydrogen-bond donors (Lipinski definition) is 2. The molecule has 17 heavy (non-hydrogen) atoms. The van der Waals surface area contributed by atoms with Crippen LogP contribution < -0.4 is 0 Å². The Morgan fingerprint density at radius 3 is 2.00 bits per heavy atom. The van der Waals surface area contributed by atoms with Crippen LogP contribution in [0.1, 0.15) is 51.9 Å². The molecule has 0 saturated heterocycles. The van der Waals surface area contributed by atoms with E-state index in [-0.39, 0.29) is 6.61 Å². The average molecular weight is 332 g/mol. The van der Waals surface area contributed by atoms with Crippen LogP contribution in [0.4, 0.5) is 0 Å². The molecule has 0 unspecified atom stereocenters. The Morgan fingerprint density at radius 1 is 0.882 bits per heavy atom. The Morgan fingerprint density at radius 2 is 1.41 bits per heavy atom. The van der Waals surface area contributed by atoms with Crippen molar-refractivity contribution in [3.8, 4) is 0 Å². The predicted octanol–water partition coefficient (Wildman–Crippen LogP) is 3.83. The van der Waals surface area contributed by atoms with Crippen LogP contribution in [-0.4, -0.2) is 28.3 Å². The molecule has 0 aliphatic carbocycles. The van der Waals surface area contributed by atoms with Gasteiger partial charge in [-0.2, -0.15) is 18.8 Å². The molecule has 0 spiro atoms. The molecule has 0 aliphatic heterocycles. The minimum Gasteiger partial charge on any atom is -0.168 e. The molecule has 0 radical (unpaired) electrons. The molecule has 0 aromatic heterocycles. The van der Waals surface area contributed by atoms with Gasteiger partial charge in [0.05, 0.1) is 0 Å². The van der Waals surface area contributed by atoms with E-state index in [4.69, 9.17) is 9.05 Å². The lowest BCUT2D eigenvalue weighted by atomic mass is 10.1. The van der Waals surface area contributed by atoms with Crippen LogP contribution in [0.15, 0.2) is 0 Å². The summed E-state index contributed by atoms with van der Waals surface area (Å²) in [4.78, 5) is 18.6.